The standard InChI is InChI=1S/C18H28N2O.C18H26N2O.C17H26N2O2.C17H24N2O2.C14H19BrN2O.C13H17BrN2O2.C13H18N2O2.C4H8.8CH4/c2*1-4-5-6-17-13-16(15(2)21)7-8-18(17)14-20-11-9-19(3)10-12-20;2*1-3-4-5-14-12-15(17(20)21)6-7-16(14)13-19-10-8-18(2)9-11-19;1-11(18)12-3-4-13(14(15)9-12)10-17-7-5-16(2)6-8-17;1-15-4-6-16(7-5-15)9-11-3-2-10(13(17)18)8-12(11)14;1-14-6-8-15(9-7-14)10-11-2-4-12(5-3-11)13(16)17;1-3-4-2;;;;;;;;/h7-8,13H,4-6,9-12,14H2,1-3H3;5-8,13H,4,9-12,14H2,1-3H3;6-7,12H,3-5,8-11,13H2,1-2H3,(H,20,21);4-7,12H,3,8-11,13H2,1-2H3,(H,20,21);3-4,9H,5-8,10H2,1-2H3;2-3,8H,4-7,9H2,1H3,(H,17,18);2-5H,6-10H2,1H3,(H,16,17);3H,1,4H2,2H3;8*1H4/b;6-5+;;5-4+;;;;;;;;;;;;. The zero-order valence-corrected chi connectivity index (χ0v) is 90.7. The Morgan fingerprint density at radius 2 is 0.477 bits per heavy atom. The summed E-state index contributed by atoms with van der Waals surface area (Å²) in [4.78, 5) is 112. The molecule has 25 nitrogen and oxygen atoms in total. The fourth-order valence-corrected chi connectivity index (χ4v) is 18.0. The number of unbranched alkanes of at least 4 members (excludes halogenated alkanes) is 2. The van der Waals surface area contributed by atoms with Gasteiger partial charge in [-0.2, -0.15) is 0 Å². The highest BCUT2D eigenvalue weighted by molar-refractivity contribution is 9.10. The van der Waals surface area contributed by atoms with Crippen LogP contribution in [0.3, 0.4) is 0 Å². The highest BCUT2D eigenvalue weighted by atomic mass is 79.9. The maximum Gasteiger partial charge on any atom is 0.335 e. The van der Waals surface area contributed by atoms with E-state index in [2.05, 4.69) is 233 Å². The van der Waals surface area contributed by atoms with Crippen molar-refractivity contribution in [1.82, 2.24) is 68.6 Å². The van der Waals surface area contributed by atoms with Crippen LogP contribution >= 0.6 is 31.9 Å². The molecular formula is C122H198Br2N14O11. The van der Waals surface area contributed by atoms with E-state index in [1.807, 2.05) is 78.9 Å². The van der Waals surface area contributed by atoms with Crippen molar-refractivity contribution in [2.24, 2.45) is 0 Å². The third-order valence-electron chi connectivity index (χ3n) is 26.9. The smallest absolute Gasteiger partial charge is 0.335 e. The molecule has 27 heteroatoms. The zero-order valence-electron chi connectivity index (χ0n) is 87.6. The summed E-state index contributed by atoms with van der Waals surface area (Å²) in [7, 11) is 15.1. The Labute approximate surface area is 920 Å². The summed E-state index contributed by atoms with van der Waals surface area (Å²) in [6, 6.07) is 41.7. The number of likely N-dealkylation sites (N-methyl/N-ethyl adjacent to an activating group) is 7. The summed E-state index contributed by atoms with van der Waals surface area (Å²) in [5.41, 5.74) is 17.4. The summed E-state index contributed by atoms with van der Waals surface area (Å²) in [5, 5.41) is 36.0. The van der Waals surface area contributed by atoms with Gasteiger partial charge in [-0.1, -0.05) is 236 Å². The zero-order chi connectivity index (χ0) is 103. The lowest BCUT2D eigenvalue weighted by Gasteiger charge is -2.32. The van der Waals surface area contributed by atoms with Crippen molar-refractivity contribution in [2.45, 2.75) is 218 Å². The van der Waals surface area contributed by atoms with Crippen molar-refractivity contribution >= 4 is 85.2 Å². The van der Waals surface area contributed by atoms with Crippen LogP contribution in [0.2, 0.25) is 0 Å². The molecule has 149 heavy (non-hydrogen) atoms. The second-order valence-electron chi connectivity index (χ2n) is 38.6. The van der Waals surface area contributed by atoms with Gasteiger partial charge in [-0.3, -0.25) is 48.7 Å². The van der Waals surface area contributed by atoms with E-state index in [1.54, 1.807) is 63.2 Å². The number of halogens is 2. The fraction of sp³-hybridized carbons (Fsp3) is 0.549. The molecule has 0 amide bonds. The number of rotatable bonds is 32. The van der Waals surface area contributed by atoms with E-state index in [4.69, 9.17) is 20.4 Å². The van der Waals surface area contributed by atoms with E-state index in [1.165, 1.54) is 62.9 Å². The van der Waals surface area contributed by atoms with E-state index in [0.29, 0.717) is 22.3 Å². The topological polar surface area (TPSA) is 246 Å². The SMILES string of the molecule is C.C.C.C.C.C.C.C.C=CCC.CC(=O)c1ccc(CN2CCN(C)CC2)c(Br)c1.CC/C=C/c1cc(C(=O)O)ccc1CN1CCN(C)CC1.CC/C=C/c1cc(C(C)=O)ccc1CN1CCN(C)CC1.CCCCc1cc(C(=O)O)ccc1CN1CCN(C)CC1.CCCCc1cc(C(C)=O)ccc1CN1CCN(C)CC1.CN1CCN(Cc2ccc(C(=O)O)cc2)CC1.CN1CCN(Cc2ccc(C(=O)O)cc2Br)CC1. The minimum Gasteiger partial charge on any atom is -0.478 e. The molecule has 4 N–H and O–H groups in total. The monoisotopic (exact) mass is 2190 g/mol. The second-order valence-corrected chi connectivity index (χ2v) is 40.3. The maximum absolute atomic E-state index is 11.6. The number of hydrogen-bond donors (Lipinski definition) is 4. The summed E-state index contributed by atoms with van der Waals surface area (Å²) in [6.07, 6.45) is 20.0. The molecule has 14 rings (SSSR count). The number of Topliss-reactive ketones (excluding diaryl/α,β-unsaturated/α-hetero) is 3. The number of benzene rings is 7. The van der Waals surface area contributed by atoms with Crippen LogP contribution in [0.5, 0.6) is 0 Å². The molecule has 7 heterocycles. The van der Waals surface area contributed by atoms with Crippen LogP contribution in [-0.4, -0.2) is 363 Å². The second kappa shape index (κ2) is 77.4. The van der Waals surface area contributed by atoms with Gasteiger partial charge in [-0.15, -0.1) is 6.58 Å². The van der Waals surface area contributed by atoms with Crippen molar-refractivity contribution in [3.63, 3.8) is 0 Å². The highest BCUT2D eigenvalue weighted by Crippen LogP contribution is 2.28. The van der Waals surface area contributed by atoms with Gasteiger partial charge in [0.05, 0.1) is 22.3 Å². The number of aryl methyl sites for hydroxylation is 2. The fourth-order valence-electron chi connectivity index (χ4n) is 16.9. The molecule has 7 fully saturated rings. The van der Waals surface area contributed by atoms with Gasteiger partial charge in [-0.25, -0.2) is 19.2 Å². The number of ketones is 3. The van der Waals surface area contributed by atoms with Crippen molar-refractivity contribution in [2.75, 3.05) is 233 Å². The van der Waals surface area contributed by atoms with Gasteiger partial charge in [0, 0.05) is 255 Å². The lowest BCUT2D eigenvalue weighted by Crippen LogP contribution is -2.44. The Morgan fingerprint density at radius 3 is 0.738 bits per heavy atom. The molecule has 7 aliphatic heterocycles. The van der Waals surface area contributed by atoms with E-state index in [9.17, 15) is 33.6 Å². The third kappa shape index (κ3) is 53.0. The van der Waals surface area contributed by atoms with Crippen molar-refractivity contribution in [3.8, 4) is 0 Å². The number of carboxylic acids is 4. The predicted molar refractivity (Wildman–Crippen MR) is 638 cm³/mol. The van der Waals surface area contributed by atoms with Crippen molar-refractivity contribution in [3.05, 3.63) is 267 Å². The Balaban J connectivity index is 0. The van der Waals surface area contributed by atoms with Gasteiger partial charge in [0.1, 0.15) is 0 Å². The minimum atomic E-state index is -0.887. The molecular weight excluding hydrogens is 2000 g/mol. The molecule has 7 saturated heterocycles. The normalized spacial score (nSPS) is 16.3. The molecule has 0 spiro atoms. The Morgan fingerprint density at radius 1 is 0.268 bits per heavy atom. The van der Waals surface area contributed by atoms with Crippen LogP contribution < -0.4 is 0 Å². The number of hydrogen-bond acceptors (Lipinski definition) is 21. The molecule has 0 radical (unpaired) electrons. The van der Waals surface area contributed by atoms with Crippen molar-refractivity contribution in [1.29, 1.82) is 0 Å². The average Bonchev–Trinajstić information content (AvgIpc) is 0.848. The average molecular weight is 2200 g/mol. The maximum atomic E-state index is 11.6. The third-order valence-corrected chi connectivity index (χ3v) is 28.3. The molecule has 0 saturated carbocycles. The molecule has 7 aliphatic rings. The predicted octanol–water partition coefficient (Wildman–Crippen LogP) is 23.2. The van der Waals surface area contributed by atoms with Gasteiger partial charge in [0.25, 0.3) is 0 Å². The Kier molecular flexibility index (Phi) is 73.8. The number of piperazine rings is 7. The largest absolute Gasteiger partial charge is 0.478 e. The molecule has 0 aliphatic carbocycles. The summed E-state index contributed by atoms with van der Waals surface area (Å²) in [5.74, 6) is -3.04. The van der Waals surface area contributed by atoms with Gasteiger partial charge in [-0.05, 0) is 243 Å². The number of nitrogens with zero attached hydrogens (tertiary/aromatic N) is 14. The van der Waals surface area contributed by atoms with Gasteiger partial charge >= 0.3 is 23.9 Å². The molecule has 0 aromatic heterocycles. The molecule has 0 unspecified atom stereocenters. The molecule has 7 aromatic rings. The van der Waals surface area contributed by atoms with E-state index in [-0.39, 0.29) is 76.8 Å². The Bertz CT molecular complexity index is 4790. The van der Waals surface area contributed by atoms with E-state index < -0.39 is 23.9 Å². The van der Waals surface area contributed by atoms with Crippen LogP contribution in [0.4, 0.5) is 0 Å². The first-order valence-electron chi connectivity index (χ1n) is 51.0. The van der Waals surface area contributed by atoms with Crippen LogP contribution in [-0.2, 0) is 58.7 Å². The van der Waals surface area contributed by atoms with E-state index >= 15 is 0 Å². The summed E-state index contributed by atoms with van der Waals surface area (Å²) in [6.45, 7) is 56.5. The van der Waals surface area contributed by atoms with Gasteiger partial charge < -0.3 is 54.7 Å². The molecule has 0 atom stereocenters. The first-order chi connectivity index (χ1) is 67.6. The number of allylic oxidation sites excluding steroid dienone is 3. The summed E-state index contributed by atoms with van der Waals surface area (Å²) < 4.78 is 1.91. The van der Waals surface area contributed by atoms with Crippen LogP contribution in [0, 0.1) is 0 Å². The minimum absolute atomic E-state index is 0. The van der Waals surface area contributed by atoms with Gasteiger partial charge in [0.15, 0.2) is 17.3 Å². The first kappa shape index (κ1) is 142. The number of carboxylic acid groups (broad SMARTS) is 4. The van der Waals surface area contributed by atoms with Crippen LogP contribution in [0.1, 0.15) is 293 Å². The van der Waals surface area contributed by atoms with E-state index in [0.717, 1.165) is 311 Å². The highest BCUT2D eigenvalue weighted by Gasteiger charge is 2.25. The van der Waals surface area contributed by atoms with Crippen molar-refractivity contribution < 1.29 is 54.0 Å². The quantitative estimate of drug-likeness (QED) is 0.0226. The van der Waals surface area contributed by atoms with Crippen LogP contribution in [0.25, 0.3) is 12.2 Å². The molecule has 0 bridgehead atoms. The van der Waals surface area contributed by atoms with Crippen LogP contribution in [0.15, 0.2) is 167 Å². The molecule has 7 aromatic carbocycles. The number of aromatic carboxylic acids is 4. The number of carbonyl (C=O) groups excluding carboxylic acids is 3. The Hall–Kier alpha value is -8.95. The summed E-state index contributed by atoms with van der Waals surface area (Å²) >= 11 is 7.02. The lowest BCUT2D eigenvalue weighted by molar-refractivity contribution is 0.0686. The first-order valence-corrected chi connectivity index (χ1v) is 52.6. The van der Waals surface area contributed by atoms with Gasteiger partial charge in [0.2, 0.25) is 0 Å². The lowest BCUT2D eigenvalue weighted by atomic mass is 9.97. The number of carbonyl (C=O) groups is 7. The molecule has 836 valence electrons.